The highest BCUT2D eigenvalue weighted by Crippen LogP contribution is 2.66. The summed E-state index contributed by atoms with van der Waals surface area (Å²) in [6, 6.07) is 2.62. The highest BCUT2D eigenvalue weighted by molar-refractivity contribution is 5.25. The minimum absolute atomic E-state index is 0.112. The summed E-state index contributed by atoms with van der Waals surface area (Å²) >= 11 is 0. The molecule has 7 unspecified atom stereocenters. The predicted molar refractivity (Wildman–Crippen MR) is 86.8 cm³/mol. The van der Waals surface area contributed by atoms with Crippen molar-refractivity contribution < 1.29 is 5.11 Å². The maximum Gasteiger partial charge on any atom is 0.0661 e. The van der Waals surface area contributed by atoms with Gasteiger partial charge >= 0.3 is 0 Å². The van der Waals surface area contributed by atoms with Crippen molar-refractivity contribution in [3.8, 4) is 6.07 Å². The number of rotatable bonds is 0. The first-order valence-electron chi connectivity index (χ1n) is 9.26. The standard InChI is InChI=1S/C20H29NO/c1-19-9-7-15(22)11-13(19)3-5-16-17-6-4-14(12-21)20(17,2)10-8-18(16)19/h3,14-18,22H,4-11H2,1-2H3. The second kappa shape index (κ2) is 4.84. The van der Waals surface area contributed by atoms with Gasteiger partial charge in [-0.3, -0.25) is 0 Å². The number of aliphatic hydroxyl groups excluding tert-OH is 1. The molecule has 1 N–H and O–H groups in total. The Morgan fingerprint density at radius 2 is 1.95 bits per heavy atom. The predicted octanol–water partition coefficient (Wildman–Crippen LogP) is 4.45. The number of hydrogen-bond acceptors (Lipinski definition) is 2. The molecule has 0 bridgehead atoms. The van der Waals surface area contributed by atoms with Gasteiger partial charge in [-0.25, -0.2) is 0 Å². The normalized spacial score (nSPS) is 53.7. The average Bonchev–Trinajstić information content (AvgIpc) is 2.84. The van der Waals surface area contributed by atoms with Gasteiger partial charge < -0.3 is 5.11 Å². The fourth-order valence-corrected chi connectivity index (χ4v) is 6.85. The smallest absolute Gasteiger partial charge is 0.0661 e. The van der Waals surface area contributed by atoms with Crippen molar-refractivity contribution in [1.29, 1.82) is 5.26 Å². The van der Waals surface area contributed by atoms with Crippen molar-refractivity contribution in [2.75, 3.05) is 0 Å². The number of allylic oxidation sites excluding steroid dienone is 1. The van der Waals surface area contributed by atoms with Crippen LogP contribution in [0, 0.1) is 45.8 Å². The lowest BCUT2D eigenvalue weighted by Crippen LogP contribution is -2.50. The van der Waals surface area contributed by atoms with Crippen LogP contribution in [-0.4, -0.2) is 11.2 Å². The Labute approximate surface area is 134 Å². The molecule has 0 saturated heterocycles. The zero-order chi connectivity index (χ0) is 15.5. The van der Waals surface area contributed by atoms with E-state index in [1.165, 1.54) is 25.7 Å². The van der Waals surface area contributed by atoms with E-state index in [-0.39, 0.29) is 17.4 Å². The van der Waals surface area contributed by atoms with E-state index in [1.54, 1.807) is 5.57 Å². The van der Waals surface area contributed by atoms with Crippen molar-refractivity contribution in [2.24, 2.45) is 34.5 Å². The van der Waals surface area contributed by atoms with Crippen LogP contribution in [0.4, 0.5) is 0 Å². The van der Waals surface area contributed by atoms with Crippen LogP contribution in [0.2, 0.25) is 0 Å². The summed E-state index contributed by atoms with van der Waals surface area (Å²) in [5, 5.41) is 19.6. The molecule has 2 heteroatoms. The van der Waals surface area contributed by atoms with Gasteiger partial charge in [0, 0.05) is 0 Å². The lowest BCUT2D eigenvalue weighted by Gasteiger charge is -2.57. The van der Waals surface area contributed by atoms with Gasteiger partial charge in [0.1, 0.15) is 0 Å². The third-order valence-corrected chi connectivity index (χ3v) is 8.23. The third kappa shape index (κ3) is 1.81. The molecular formula is C20H29NO. The van der Waals surface area contributed by atoms with Crippen molar-refractivity contribution in [3.05, 3.63) is 11.6 Å². The van der Waals surface area contributed by atoms with Crippen LogP contribution in [-0.2, 0) is 0 Å². The SMILES string of the molecule is CC12CCC(O)CC1=CCC1C2CCC2(C)C(C#N)CCC12. The zero-order valence-corrected chi connectivity index (χ0v) is 14.0. The molecule has 120 valence electrons. The zero-order valence-electron chi connectivity index (χ0n) is 14.0. The van der Waals surface area contributed by atoms with Gasteiger partial charge in [0.25, 0.3) is 0 Å². The number of nitrogens with zero attached hydrogens (tertiary/aromatic N) is 1. The molecule has 3 saturated carbocycles. The summed E-state index contributed by atoms with van der Waals surface area (Å²) in [7, 11) is 0. The molecule has 0 radical (unpaired) electrons. The molecule has 2 nitrogen and oxygen atoms in total. The second-order valence-electron chi connectivity index (χ2n) is 8.96. The maximum atomic E-state index is 10.0. The van der Waals surface area contributed by atoms with Gasteiger partial charge in [0.15, 0.2) is 0 Å². The molecule has 4 rings (SSSR count). The molecule has 4 aliphatic rings. The van der Waals surface area contributed by atoms with Crippen molar-refractivity contribution in [3.63, 3.8) is 0 Å². The van der Waals surface area contributed by atoms with Gasteiger partial charge in [-0.05, 0) is 80.0 Å². The van der Waals surface area contributed by atoms with Gasteiger partial charge in [0.2, 0.25) is 0 Å². The Kier molecular flexibility index (Phi) is 3.25. The third-order valence-electron chi connectivity index (χ3n) is 8.23. The fraction of sp³-hybridized carbons (Fsp3) is 0.850. The highest BCUT2D eigenvalue weighted by Gasteiger charge is 2.58. The first-order valence-corrected chi connectivity index (χ1v) is 9.26. The second-order valence-corrected chi connectivity index (χ2v) is 8.96. The Balaban J connectivity index is 1.67. The van der Waals surface area contributed by atoms with Crippen LogP contribution >= 0.6 is 0 Å². The van der Waals surface area contributed by atoms with Crippen LogP contribution in [0.15, 0.2) is 11.6 Å². The Hall–Kier alpha value is -0.810. The largest absolute Gasteiger partial charge is 0.393 e. The lowest BCUT2D eigenvalue weighted by atomic mass is 9.47. The van der Waals surface area contributed by atoms with Gasteiger partial charge in [-0.1, -0.05) is 25.5 Å². The molecule has 7 atom stereocenters. The van der Waals surface area contributed by atoms with E-state index in [0.717, 1.165) is 43.4 Å². The molecule has 4 aliphatic carbocycles. The number of hydrogen-bond donors (Lipinski definition) is 1. The summed E-state index contributed by atoms with van der Waals surface area (Å²) in [5.41, 5.74) is 2.14. The summed E-state index contributed by atoms with van der Waals surface area (Å²) < 4.78 is 0. The van der Waals surface area contributed by atoms with Gasteiger partial charge in [0.05, 0.1) is 18.1 Å². The van der Waals surface area contributed by atoms with Crippen LogP contribution in [0.1, 0.15) is 65.2 Å². The molecule has 0 aromatic rings. The van der Waals surface area contributed by atoms with Crippen LogP contribution < -0.4 is 0 Å². The Bertz CT molecular complexity index is 546. The van der Waals surface area contributed by atoms with E-state index in [1.807, 2.05) is 0 Å². The van der Waals surface area contributed by atoms with E-state index in [9.17, 15) is 10.4 Å². The number of fused-ring (bicyclic) bond motifs is 5. The molecule has 0 aliphatic heterocycles. The van der Waals surface area contributed by atoms with Crippen molar-refractivity contribution in [2.45, 2.75) is 71.3 Å². The molecule has 0 heterocycles. The number of aliphatic hydroxyl groups is 1. The van der Waals surface area contributed by atoms with E-state index in [2.05, 4.69) is 26.0 Å². The number of nitriles is 1. The Morgan fingerprint density at radius 1 is 1.14 bits per heavy atom. The quantitative estimate of drug-likeness (QED) is 0.672. The monoisotopic (exact) mass is 299 g/mol. The lowest BCUT2D eigenvalue weighted by molar-refractivity contribution is -0.0434. The Morgan fingerprint density at radius 3 is 2.73 bits per heavy atom. The van der Waals surface area contributed by atoms with Crippen LogP contribution in [0.3, 0.4) is 0 Å². The summed E-state index contributed by atoms with van der Waals surface area (Å²) in [5.74, 6) is 2.60. The average molecular weight is 299 g/mol. The van der Waals surface area contributed by atoms with E-state index < -0.39 is 0 Å². The summed E-state index contributed by atoms with van der Waals surface area (Å²) in [6.07, 6.45) is 11.5. The molecule has 0 aromatic heterocycles. The topological polar surface area (TPSA) is 44.0 Å². The van der Waals surface area contributed by atoms with Crippen molar-refractivity contribution in [1.82, 2.24) is 0 Å². The molecule has 3 fully saturated rings. The maximum absolute atomic E-state index is 10.0. The molecule has 0 spiro atoms. The van der Waals surface area contributed by atoms with Crippen molar-refractivity contribution >= 4 is 0 Å². The molecule has 22 heavy (non-hydrogen) atoms. The summed E-state index contributed by atoms with van der Waals surface area (Å²) in [6.45, 7) is 4.88. The van der Waals surface area contributed by atoms with E-state index in [4.69, 9.17) is 0 Å². The molecule has 0 aromatic carbocycles. The van der Waals surface area contributed by atoms with E-state index in [0.29, 0.717) is 5.41 Å². The van der Waals surface area contributed by atoms with Gasteiger partial charge in [-0.2, -0.15) is 5.26 Å². The molecule has 0 amide bonds. The molecular weight excluding hydrogens is 270 g/mol. The van der Waals surface area contributed by atoms with E-state index >= 15 is 0 Å². The first kappa shape index (κ1) is 14.8. The van der Waals surface area contributed by atoms with Crippen LogP contribution in [0.25, 0.3) is 0 Å². The first-order chi connectivity index (χ1) is 10.5. The summed E-state index contributed by atoms with van der Waals surface area (Å²) in [4.78, 5) is 0. The minimum atomic E-state index is -0.112. The fourth-order valence-electron chi connectivity index (χ4n) is 6.85. The highest BCUT2D eigenvalue weighted by atomic mass is 16.3. The van der Waals surface area contributed by atoms with Gasteiger partial charge in [-0.15, -0.1) is 0 Å². The van der Waals surface area contributed by atoms with Crippen LogP contribution in [0.5, 0.6) is 0 Å². The minimum Gasteiger partial charge on any atom is -0.393 e.